The molecule has 2 rings (SSSR count). The van der Waals surface area contributed by atoms with E-state index in [2.05, 4.69) is 24.0 Å². The third kappa shape index (κ3) is 3.96. The summed E-state index contributed by atoms with van der Waals surface area (Å²) >= 11 is 0. The number of ether oxygens (including phenoxy) is 1. The van der Waals surface area contributed by atoms with Crippen LogP contribution in [-0.4, -0.2) is 49.9 Å². The third-order valence-electron chi connectivity index (χ3n) is 4.66. The molecule has 21 heavy (non-hydrogen) atoms. The lowest BCUT2D eigenvalue weighted by Crippen LogP contribution is -2.38. The number of nitrogens with zero attached hydrogens (tertiary/aromatic N) is 1. The number of aryl methyl sites for hydroxylation is 1. The molecule has 0 aliphatic carbocycles. The van der Waals surface area contributed by atoms with Gasteiger partial charge in [0, 0.05) is 12.5 Å². The molecule has 1 fully saturated rings. The number of rotatable bonds is 6. The molecule has 1 atom stereocenters. The molecular weight excluding hydrogens is 264 g/mol. The first-order valence-electron chi connectivity index (χ1n) is 7.87. The summed E-state index contributed by atoms with van der Waals surface area (Å²) < 4.78 is 5.53. The van der Waals surface area contributed by atoms with Gasteiger partial charge in [0.05, 0.1) is 13.7 Å². The second kappa shape index (κ2) is 7.78. The van der Waals surface area contributed by atoms with Gasteiger partial charge < -0.3 is 20.5 Å². The lowest BCUT2D eigenvalue weighted by Gasteiger charge is -2.36. The van der Waals surface area contributed by atoms with E-state index < -0.39 is 0 Å². The summed E-state index contributed by atoms with van der Waals surface area (Å²) in [5.41, 5.74) is 8.60. The molecule has 0 spiro atoms. The average Bonchev–Trinajstić information content (AvgIpc) is 2.50. The van der Waals surface area contributed by atoms with E-state index >= 15 is 0 Å². The summed E-state index contributed by atoms with van der Waals surface area (Å²) in [4.78, 5) is 2.33. The van der Waals surface area contributed by atoms with E-state index in [4.69, 9.17) is 15.6 Å². The van der Waals surface area contributed by atoms with Gasteiger partial charge in [0.1, 0.15) is 5.75 Å². The van der Waals surface area contributed by atoms with Crippen molar-refractivity contribution in [3.05, 3.63) is 29.3 Å². The van der Waals surface area contributed by atoms with Crippen LogP contribution >= 0.6 is 0 Å². The van der Waals surface area contributed by atoms with Crippen LogP contribution in [0.3, 0.4) is 0 Å². The van der Waals surface area contributed by atoms with Crippen molar-refractivity contribution in [3.63, 3.8) is 0 Å². The van der Waals surface area contributed by atoms with E-state index in [1.165, 1.54) is 11.1 Å². The number of hydrogen-bond donors (Lipinski definition) is 2. The second-order valence-electron chi connectivity index (χ2n) is 5.99. The quantitative estimate of drug-likeness (QED) is 0.838. The number of benzene rings is 1. The maximum Gasteiger partial charge on any atom is 0.122 e. The molecule has 1 saturated heterocycles. The van der Waals surface area contributed by atoms with Gasteiger partial charge in [-0.05, 0) is 56.9 Å². The summed E-state index contributed by atoms with van der Waals surface area (Å²) in [5, 5.41) is 9.04. The van der Waals surface area contributed by atoms with Crippen molar-refractivity contribution in [2.24, 2.45) is 11.7 Å². The smallest absolute Gasteiger partial charge is 0.122 e. The molecule has 0 bridgehead atoms. The van der Waals surface area contributed by atoms with Crippen LogP contribution in [0.2, 0.25) is 0 Å². The minimum Gasteiger partial charge on any atom is -0.496 e. The molecule has 0 radical (unpaired) electrons. The molecule has 1 aliphatic rings. The van der Waals surface area contributed by atoms with Crippen molar-refractivity contribution in [1.82, 2.24) is 4.90 Å². The van der Waals surface area contributed by atoms with Crippen molar-refractivity contribution in [1.29, 1.82) is 0 Å². The van der Waals surface area contributed by atoms with E-state index in [-0.39, 0.29) is 6.61 Å². The molecule has 1 aromatic carbocycles. The van der Waals surface area contributed by atoms with Crippen LogP contribution in [0.25, 0.3) is 0 Å². The van der Waals surface area contributed by atoms with E-state index in [0.29, 0.717) is 18.4 Å². The molecule has 0 aromatic heterocycles. The Morgan fingerprint density at radius 1 is 1.38 bits per heavy atom. The zero-order valence-electron chi connectivity index (χ0n) is 13.2. The molecular formula is C17H28N2O2. The van der Waals surface area contributed by atoms with Gasteiger partial charge in [-0.15, -0.1) is 0 Å². The molecule has 4 nitrogen and oxygen atoms in total. The minimum atomic E-state index is 0.247. The number of β-amino-alcohol motifs (C(OH)–C–C–N with tert-alkyl or cyclic N) is 1. The van der Waals surface area contributed by atoms with Crippen molar-refractivity contribution >= 4 is 0 Å². The van der Waals surface area contributed by atoms with Crippen molar-refractivity contribution in [2.75, 3.05) is 39.9 Å². The summed E-state index contributed by atoms with van der Waals surface area (Å²) in [6.07, 6.45) is 2.28. The van der Waals surface area contributed by atoms with Crippen LogP contribution in [0.15, 0.2) is 18.2 Å². The van der Waals surface area contributed by atoms with Crippen LogP contribution in [0.1, 0.15) is 29.9 Å². The predicted octanol–water partition coefficient (Wildman–Crippen LogP) is 1.75. The van der Waals surface area contributed by atoms with Crippen LogP contribution in [-0.2, 0) is 0 Å². The standard InChI is InChI=1S/C17H28N2O2/c1-13-3-4-17(21-2)15(11-13)16(12-18)14-5-7-19(8-6-14)9-10-20/h3-4,11,14,16,20H,5-10,12,18H2,1-2H3. The second-order valence-corrected chi connectivity index (χ2v) is 5.99. The van der Waals surface area contributed by atoms with Crippen LogP contribution in [0, 0.1) is 12.8 Å². The van der Waals surface area contributed by atoms with Crippen molar-refractivity contribution < 1.29 is 9.84 Å². The largest absolute Gasteiger partial charge is 0.496 e. The van der Waals surface area contributed by atoms with Crippen LogP contribution < -0.4 is 10.5 Å². The molecule has 0 saturated carbocycles. The fraction of sp³-hybridized carbons (Fsp3) is 0.647. The van der Waals surface area contributed by atoms with E-state index in [9.17, 15) is 0 Å². The molecule has 4 heteroatoms. The summed E-state index contributed by atoms with van der Waals surface area (Å²) in [6.45, 7) is 5.90. The van der Waals surface area contributed by atoms with Gasteiger partial charge in [-0.2, -0.15) is 0 Å². The Morgan fingerprint density at radius 3 is 2.67 bits per heavy atom. The first kappa shape index (κ1) is 16.3. The molecule has 1 heterocycles. The number of hydrogen-bond acceptors (Lipinski definition) is 4. The fourth-order valence-electron chi connectivity index (χ4n) is 3.44. The maximum atomic E-state index is 9.04. The topological polar surface area (TPSA) is 58.7 Å². The summed E-state index contributed by atoms with van der Waals surface area (Å²) in [6, 6.07) is 6.35. The normalized spacial score (nSPS) is 18.7. The Morgan fingerprint density at radius 2 is 2.10 bits per heavy atom. The van der Waals surface area contributed by atoms with Crippen LogP contribution in [0.5, 0.6) is 5.75 Å². The minimum absolute atomic E-state index is 0.247. The number of piperidine rings is 1. The SMILES string of the molecule is COc1ccc(C)cc1C(CN)C1CCN(CCO)CC1. The molecule has 1 aromatic rings. The zero-order valence-corrected chi connectivity index (χ0v) is 13.2. The van der Waals surface area contributed by atoms with Gasteiger partial charge in [-0.3, -0.25) is 0 Å². The number of likely N-dealkylation sites (tertiary alicyclic amines) is 1. The summed E-state index contributed by atoms with van der Waals surface area (Å²) in [5.74, 6) is 1.91. The van der Waals surface area contributed by atoms with Gasteiger partial charge in [-0.1, -0.05) is 17.7 Å². The summed E-state index contributed by atoms with van der Waals surface area (Å²) in [7, 11) is 1.73. The number of methoxy groups -OCH3 is 1. The van der Waals surface area contributed by atoms with Crippen molar-refractivity contribution in [3.8, 4) is 5.75 Å². The third-order valence-corrected chi connectivity index (χ3v) is 4.66. The highest BCUT2D eigenvalue weighted by Gasteiger charge is 2.28. The lowest BCUT2D eigenvalue weighted by molar-refractivity contribution is 0.138. The highest BCUT2D eigenvalue weighted by atomic mass is 16.5. The number of aliphatic hydroxyl groups excluding tert-OH is 1. The van der Waals surface area contributed by atoms with Crippen molar-refractivity contribution in [2.45, 2.75) is 25.7 Å². The molecule has 0 amide bonds. The Bertz CT molecular complexity index is 442. The predicted molar refractivity (Wildman–Crippen MR) is 85.8 cm³/mol. The van der Waals surface area contributed by atoms with E-state index in [0.717, 1.165) is 38.2 Å². The molecule has 1 aliphatic heterocycles. The number of aliphatic hydroxyl groups is 1. The maximum absolute atomic E-state index is 9.04. The molecule has 118 valence electrons. The van der Waals surface area contributed by atoms with Crippen LogP contribution in [0.4, 0.5) is 0 Å². The molecule has 3 N–H and O–H groups in total. The van der Waals surface area contributed by atoms with Gasteiger partial charge in [0.15, 0.2) is 0 Å². The first-order valence-corrected chi connectivity index (χ1v) is 7.87. The van der Waals surface area contributed by atoms with Gasteiger partial charge in [0.2, 0.25) is 0 Å². The van der Waals surface area contributed by atoms with Gasteiger partial charge in [0.25, 0.3) is 0 Å². The van der Waals surface area contributed by atoms with E-state index in [1.807, 2.05) is 6.07 Å². The Balaban J connectivity index is 2.12. The highest BCUT2D eigenvalue weighted by molar-refractivity contribution is 5.40. The average molecular weight is 292 g/mol. The Labute approximate surface area is 127 Å². The van der Waals surface area contributed by atoms with Gasteiger partial charge in [-0.25, -0.2) is 0 Å². The Hall–Kier alpha value is -1.10. The number of nitrogens with two attached hydrogens (primary N) is 1. The molecule has 1 unspecified atom stereocenters. The monoisotopic (exact) mass is 292 g/mol. The zero-order chi connectivity index (χ0) is 15.2. The Kier molecular flexibility index (Phi) is 6.03. The lowest BCUT2D eigenvalue weighted by atomic mass is 9.79. The fourth-order valence-corrected chi connectivity index (χ4v) is 3.44. The van der Waals surface area contributed by atoms with Gasteiger partial charge >= 0.3 is 0 Å². The first-order chi connectivity index (χ1) is 10.2. The van der Waals surface area contributed by atoms with E-state index in [1.54, 1.807) is 7.11 Å². The highest BCUT2D eigenvalue weighted by Crippen LogP contribution is 2.37.